The van der Waals surface area contributed by atoms with Crippen LogP contribution in [0.15, 0.2) is 42.5 Å². The Balaban J connectivity index is 1.44. The number of fused-ring (bicyclic) bond motifs is 1. The van der Waals surface area contributed by atoms with Crippen LogP contribution in [0.2, 0.25) is 0 Å². The van der Waals surface area contributed by atoms with Crippen LogP contribution in [0, 0.1) is 17.7 Å². The molecule has 5 nitrogen and oxygen atoms in total. The van der Waals surface area contributed by atoms with Crippen molar-refractivity contribution in [3.8, 4) is 0 Å². The minimum atomic E-state index is -5.01. The molecule has 0 aliphatic carbocycles. The molecule has 2 amide bonds. The fourth-order valence-corrected chi connectivity index (χ4v) is 6.63. The van der Waals surface area contributed by atoms with Gasteiger partial charge in [-0.2, -0.15) is 26.3 Å². The number of hydrogen-bond donors (Lipinski definition) is 0. The summed E-state index contributed by atoms with van der Waals surface area (Å²) in [5.74, 6) is -1.52. The van der Waals surface area contributed by atoms with Gasteiger partial charge >= 0.3 is 12.4 Å². The van der Waals surface area contributed by atoms with Crippen LogP contribution in [0.5, 0.6) is 0 Å². The van der Waals surface area contributed by atoms with Gasteiger partial charge < -0.3 is 14.5 Å². The van der Waals surface area contributed by atoms with E-state index in [1.807, 2.05) is 0 Å². The first-order valence-corrected chi connectivity index (χ1v) is 14.4. The first kappa shape index (κ1) is 31.3. The summed E-state index contributed by atoms with van der Waals surface area (Å²) >= 11 is 0. The molecule has 2 aromatic rings. The van der Waals surface area contributed by atoms with Crippen molar-refractivity contribution in [1.82, 2.24) is 9.80 Å². The number of carbonyl (C=O) groups excluding carboxylic acids is 2. The Morgan fingerprint density at radius 1 is 0.953 bits per heavy atom. The number of nitrogens with zero attached hydrogens (tertiary/aromatic N) is 2. The summed E-state index contributed by atoms with van der Waals surface area (Å²) in [4.78, 5) is 30.2. The van der Waals surface area contributed by atoms with Crippen molar-refractivity contribution in [3.63, 3.8) is 0 Å². The Morgan fingerprint density at radius 2 is 1.53 bits per heavy atom. The van der Waals surface area contributed by atoms with Gasteiger partial charge in [-0.1, -0.05) is 19.1 Å². The molecule has 43 heavy (non-hydrogen) atoms. The van der Waals surface area contributed by atoms with E-state index in [4.69, 9.17) is 4.74 Å². The van der Waals surface area contributed by atoms with Gasteiger partial charge in [0.15, 0.2) is 0 Å². The molecule has 0 bridgehead atoms. The molecule has 0 aromatic heterocycles. The van der Waals surface area contributed by atoms with Crippen LogP contribution in [0.3, 0.4) is 0 Å². The van der Waals surface area contributed by atoms with Crippen molar-refractivity contribution >= 4 is 11.8 Å². The highest BCUT2D eigenvalue weighted by Crippen LogP contribution is 2.45. The van der Waals surface area contributed by atoms with Crippen molar-refractivity contribution in [3.05, 3.63) is 70.5 Å². The number of rotatable bonds is 5. The standard InChI is InChI=1S/C31H33F7N2O3/c1-17-7-9-39(10-8-17)29(42)21-13-25-28(19-3-5-24(32)6-4-19)26(16-40(25)27(41)14-21)43-18(2)20-11-22(30(33,34)35)15-23(12-20)31(36,37)38/h3-6,11-12,15,17-18,21,25-26,28H,7-10,13-14,16H2,1-2H3/t18-,21?,25+,26+,28?/m1/s1. The predicted octanol–water partition coefficient (Wildman–Crippen LogP) is 6.97. The average Bonchev–Trinajstić information content (AvgIpc) is 3.30. The second-order valence-electron chi connectivity index (χ2n) is 12.0. The van der Waals surface area contributed by atoms with Crippen LogP contribution < -0.4 is 0 Å². The lowest BCUT2D eigenvalue weighted by Crippen LogP contribution is -2.50. The molecule has 0 radical (unpaired) electrons. The predicted molar refractivity (Wildman–Crippen MR) is 142 cm³/mol. The Hall–Kier alpha value is -3.15. The number of likely N-dealkylation sites (tertiary alicyclic amines) is 1. The maximum absolute atomic E-state index is 13.8. The monoisotopic (exact) mass is 614 g/mol. The minimum absolute atomic E-state index is 0.00235. The van der Waals surface area contributed by atoms with E-state index in [1.165, 1.54) is 31.2 Å². The highest BCUT2D eigenvalue weighted by atomic mass is 19.4. The van der Waals surface area contributed by atoms with Crippen molar-refractivity contribution in [1.29, 1.82) is 0 Å². The van der Waals surface area contributed by atoms with Crippen molar-refractivity contribution in [2.45, 2.75) is 76.1 Å². The summed E-state index contributed by atoms with van der Waals surface area (Å²) in [7, 11) is 0. The van der Waals surface area contributed by atoms with Crippen molar-refractivity contribution in [2.24, 2.45) is 11.8 Å². The third kappa shape index (κ3) is 6.68. The molecule has 234 valence electrons. The van der Waals surface area contributed by atoms with E-state index >= 15 is 0 Å². The van der Waals surface area contributed by atoms with Gasteiger partial charge in [0, 0.05) is 43.9 Å². The first-order chi connectivity index (χ1) is 20.1. The first-order valence-electron chi connectivity index (χ1n) is 14.4. The molecule has 3 aliphatic rings. The number of hydrogen-bond acceptors (Lipinski definition) is 3. The number of benzene rings is 2. The van der Waals surface area contributed by atoms with E-state index in [1.54, 1.807) is 9.80 Å². The van der Waals surface area contributed by atoms with E-state index in [0.29, 0.717) is 43.1 Å². The lowest BCUT2D eigenvalue weighted by molar-refractivity contribution is -0.147. The highest BCUT2D eigenvalue weighted by molar-refractivity contribution is 5.87. The molecule has 3 saturated heterocycles. The molecule has 2 aromatic carbocycles. The lowest BCUT2D eigenvalue weighted by Gasteiger charge is -2.39. The highest BCUT2D eigenvalue weighted by Gasteiger charge is 2.51. The molecule has 5 atom stereocenters. The quantitative estimate of drug-likeness (QED) is 0.342. The molecule has 3 heterocycles. The third-order valence-corrected chi connectivity index (χ3v) is 9.02. The molecule has 3 aliphatic heterocycles. The van der Waals surface area contributed by atoms with Crippen LogP contribution in [0.25, 0.3) is 0 Å². The van der Waals surface area contributed by atoms with Crippen LogP contribution in [-0.2, 0) is 26.7 Å². The van der Waals surface area contributed by atoms with Gasteiger partial charge in [0.2, 0.25) is 11.8 Å². The zero-order chi connectivity index (χ0) is 31.3. The zero-order valence-corrected chi connectivity index (χ0v) is 23.7. The number of ether oxygens (including phenoxy) is 1. The average molecular weight is 615 g/mol. The topological polar surface area (TPSA) is 49.9 Å². The second-order valence-corrected chi connectivity index (χ2v) is 12.0. The smallest absolute Gasteiger partial charge is 0.368 e. The molecule has 0 N–H and O–H groups in total. The number of piperidine rings is 2. The SMILES string of the molecule is CC1CCN(C(=O)C2CC(=O)N3C[C@H](O[C@H](C)c4cc(C(F)(F)F)cc(C(F)(F)F)c4)C(c4ccc(F)cc4)[C@@H]3C2)CC1. The maximum atomic E-state index is 13.8. The summed E-state index contributed by atoms with van der Waals surface area (Å²) in [6, 6.07) is 6.34. The summed E-state index contributed by atoms with van der Waals surface area (Å²) in [6.45, 7) is 4.74. The fraction of sp³-hybridized carbons (Fsp3) is 0.548. The molecule has 2 unspecified atom stereocenters. The molecule has 5 rings (SSSR count). The van der Waals surface area contributed by atoms with Crippen LogP contribution in [0.4, 0.5) is 30.7 Å². The number of amides is 2. The molecule has 12 heteroatoms. The zero-order valence-electron chi connectivity index (χ0n) is 23.7. The maximum Gasteiger partial charge on any atom is 0.416 e. The molecule has 0 saturated carbocycles. The molecule has 0 spiro atoms. The van der Waals surface area contributed by atoms with E-state index in [-0.39, 0.29) is 36.4 Å². The van der Waals surface area contributed by atoms with E-state index in [9.17, 15) is 40.3 Å². The summed E-state index contributed by atoms with van der Waals surface area (Å²) in [5, 5.41) is 0. The van der Waals surface area contributed by atoms with Crippen molar-refractivity contribution < 1.29 is 45.1 Å². The Kier molecular flexibility index (Phi) is 8.54. The number of carbonyl (C=O) groups is 2. The number of halogens is 7. The molecular weight excluding hydrogens is 581 g/mol. The largest absolute Gasteiger partial charge is 0.416 e. The van der Waals surface area contributed by atoms with Gasteiger partial charge in [0.25, 0.3) is 0 Å². The van der Waals surface area contributed by atoms with Gasteiger partial charge in [0.1, 0.15) is 5.82 Å². The van der Waals surface area contributed by atoms with Gasteiger partial charge in [-0.05, 0) is 73.6 Å². The third-order valence-electron chi connectivity index (χ3n) is 9.02. The van der Waals surface area contributed by atoms with Crippen LogP contribution >= 0.6 is 0 Å². The van der Waals surface area contributed by atoms with Gasteiger partial charge in [-0.3, -0.25) is 9.59 Å². The van der Waals surface area contributed by atoms with E-state index < -0.39 is 59.4 Å². The minimum Gasteiger partial charge on any atom is -0.368 e. The Morgan fingerprint density at radius 3 is 2.09 bits per heavy atom. The van der Waals surface area contributed by atoms with Gasteiger partial charge in [-0.15, -0.1) is 0 Å². The molecular formula is C31H33F7N2O3. The van der Waals surface area contributed by atoms with Crippen molar-refractivity contribution in [2.75, 3.05) is 19.6 Å². The van der Waals surface area contributed by atoms with Crippen LogP contribution in [-0.4, -0.2) is 53.4 Å². The van der Waals surface area contributed by atoms with Gasteiger partial charge in [0.05, 0.1) is 23.3 Å². The van der Waals surface area contributed by atoms with Gasteiger partial charge in [-0.25, -0.2) is 4.39 Å². The number of alkyl halides is 6. The fourth-order valence-electron chi connectivity index (χ4n) is 6.63. The summed E-state index contributed by atoms with van der Waals surface area (Å²) in [5.41, 5.74) is -2.62. The summed E-state index contributed by atoms with van der Waals surface area (Å²) in [6.07, 6.45) is -10.00. The van der Waals surface area contributed by atoms with Crippen LogP contribution in [0.1, 0.15) is 73.8 Å². The lowest BCUT2D eigenvalue weighted by atomic mass is 9.81. The Bertz CT molecular complexity index is 1300. The summed E-state index contributed by atoms with van der Waals surface area (Å²) < 4.78 is 101. The van der Waals surface area contributed by atoms with E-state index in [0.717, 1.165) is 12.8 Å². The molecule has 3 fully saturated rings. The normalized spacial score (nSPS) is 26.0. The second kappa shape index (κ2) is 11.7. The van der Waals surface area contributed by atoms with E-state index in [2.05, 4.69) is 6.92 Å². The Labute approximate surface area is 245 Å².